The molecule has 24 heavy (non-hydrogen) atoms. The molecule has 1 heterocycles. The van der Waals surface area contributed by atoms with E-state index in [0.29, 0.717) is 18.0 Å². The van der Waals surface area contributed by atoms with Gasteiger partial charge in [-0.1, -0.05) is 0 Å². The van der Waals surface area contributed by atoms with Gasteiger partial charge >= 0.3 is 6.18 Å². The molecule has 1 amide bonds. The molecule has 0 aromatic heterocycles. The Morgan fingerprint density at radius 1 is 1.12 bits per heavy atom. The Morgan fingerprint density at radius 2 is 1.79 bits per heavy atom. The Morgan fingerprint density at radius 3 is 2.38 bits per heavy atom. The van der Waals surface area contributed by atoms with E-state index in [1.54, 1.807) is 6.07 Å². The Kier molecular flexibility index (Phi) is 6.15. The third-order valence-corrected chi connectivity index (χ3v) is 4.60. The number of amides is 1. The molecule has 3 rings (SSSR count). The molecular formula is C17H22ClF3N2O. The van der Waals surface area contributed by atoms with Crippen molar-refractivity contribution >= 4 is 18.3 Å². The van der Waals surface area contributed by atoms with Crippen LogP contribution >= 0.6 is 12.4 Å². The van der Waals surface area contributed by atoms with Crippen LogP contribution in [0, 0.1) is 5.92 Å². The monoisotopic (exact) mass is 362 g/mol. The lowest BCUT2D eigenvalue weighted by atomic mass is 9.88. The molecule has 0 atom stereocenters. The minimum atomic E-state index is -4.44. The van der Waals surface area contributed by atoms with Crippen molar-refractivity contribution in [2.45, 2.75) is 37.8 Å². The Balaban J connectivity index is 0.00000208. The second kappa shape index (κ2) is 7.74. The van der Waals surface area contributed by atoms with Crippen LogP contribution in [0.5, 0.6) is 0 Å². The lowest BCUT2D eigenvalue weighted by Crippen LogP contribution is -2.28. The van der Waals surface area contributed by atoms with E-state index in [2.05, 4.69) is 10.6 Å². The van der Waals surface area contributed by atoms with Gasteiger partial charge in [-0.05, 0) is 74.4 Å². The Bertz CT molecular complexity index is 582. The van der Waals surface area contributed by atoms with E-state index in [4.69, 9.17) is 0 Å². The third kappa shape index (κ3) is 4.86. The number of alkyl halides is 3. The van der Waals surface area contributed by atoms with E-state index in [0.717, 1.165) is 44.8 Å². The predicted molar refractivity (Wildman–Crippen MR) is 88.6 cm³/mol. The van der Waals surface area contributed by atoms with Crippen molar-refractivity contribution in [1.82, 2.24) is 10.6 Å². The van der Waals surface area contributed by atoms with E-state index in [1.165, 1.54) is 6.07 Å². The predicted octanol–water partition coefficient (Wildman–Crippen LogP) is 3.73. The molecule has 2 fully saturated rings. The zero-order chi connectivity index (χ0) is 16.4. The standard InChI is InChI=1S/C17H21F3N2O.ClH/c18-17(19,20)15-8-13(12-3-5-21-6-4-12)7-14(9-15)16(23)22-10-11-1-2-11;/h7-9,11-12,21H,1-6,10H2,(H,22,23);1H. The van der Waals surface area contributed by atoms with Crippen molar-refractivity contribution in [3.63, 3.8) is 0 Å². The number of hydrogen-bond donors (Lipinski definition) is 2. The molecule has 0 radical (unpaired) electrons. The van der Waals surface area contributed by atoms with Gasteiger partial charge in [0.2, 0.25) is 0 Å². The van der Waals surface area contributed by atoms with E-state index in [9.17, 15) is 18.0 Å². The number of piperidine rings is 1. The maximum absolute atomic E-state index is 13.2. The fourth-order valence-electron chi connectivity index (χ4n) is 3.00. The summed E-state index contributed by atoms with van der Waals surface area (Å²) in [6, 6.07) is 3.80. The third-order valence-electron chi connectivity index (χ3n) is 4.60. The lowest BCUT2D eigenvalue weighted by molar-refractivity contribution is -0.137. The highest BCUT2D eigenvalue weighted by atomic mass is 35.5. The molecule has 0 spiro atoms. The number of hydrogen-bond acceptors (Lipinski definition) is 2. The highest BCUT2D eigenvalue weighted by molar-refractivity contribution is 5.94. The van der Waals surface area contributed by atoms with Crippen LogP contribution in [-0.2, 0) is 6.18 Å². The smallest absolute Gasteiger partial charge is 0.352 e. The molecule has 2 N–H and O–H groups in total. The van der Waals surface area contributed by atoms with Gasteiger partial charge in [0.1, 0.15) is 0 Å². The van der Waals surface area contributed by atoms with Gasteiger partial charge in [-0.2, -0.15) is 13.2 Å². The van der Waals surface area contributed by atoms with Crippen LogP contribution < -0.4 is 10.6 Å². The summed E-state index contributed by atoms with van der Waals surface area (Å²) in [5, 5.41) is 5.96. The van der Waals surface area contributed by atoms with Gasteiger partial charge in [0.25, 0.3) is 5.91 Å². The average Bonchev–Trinajstić information content (AvgIpc) is 3.36. The van der Waals surface area contributed by atoms with Crippen molar-refractivity contribution in [2.24, 2.45) is 5.92 Å². The molecule has 1 aromatic carbocycles. The van der Waals surface area contributed by atoms with Crippen LogP contribution in [0.25, 0.3) is 0 Å². The summed E-state index contributed by atoms with van der Waals surface area (Å²) in [5.41, 5.74) is 0.0111. The summed E-state index contributed by atoms with van der Waals surface area (Å²) >= 11 is 0. The first-order chi connectivity index (χ1) is 10.9. The first kappa shape index (κ1) is 19.1. The molecule has 2 aliphatic rings. The summed E-state index contributed by atoms with van der Waals surface area (Å²) in [7, 11) is 0. The molecule has 1 aliphatic heterocycles. The quantitative estimate of drug-likeness (QED) is 0.856. The first-order valence-electron chi connectivity index (χ1n) is 8.14. The largest absolute Gasteiger partial charge is 0.416 e. The Labute approximate surface area is 145 Å². The highest BCUT2D eigenvalue weighted by Gasteiger charge is 2.33. The molecule has 3 nitrogen and oxygen atoms in total. The number of halogens is 4. The summed E-state index contributed by atoms with van der Waals surface area (Å²) in [4.78, 5) is 12.2. The number of carbonyl (C=O) groups is 1. The van der Waals surface area contributed by atoms with Gasteiger partial charge in [-0.3, -0.25) is 4.79 Å². The summed E-state index contributed by atoms with van der Waals surface area (Å²) < 4.78 is 39.5. The van der Waals surface area contributed by atoms with E-state index in [-0.39, 0.29) is 23.9 Å². The van der Waals surface area contributed by atoms with E-state index >= 15 is 0 Å². The second-order valence-electron chi connectivity index (χ2n) is 6.52. The molecule has 0 bridgehead atoms. The number of nitrogens with one attached hydrogen (secondary N) is 2. The molecule has 1 saturated heterocycles. The van der Waals surface area contributed by atoms with Gasteiger partial charge in [0, 0.05) is 12.1 Å². The van der Waals surface area contributed by atoms with Crippen LogP contribution in [-0.4, -0.2) is 25.5 Å². The van der Waals surface area contributed by atoms with Crippen LogP contribution in [0.3, 0.4) is 0 Å². The average molecular weight is 363 g/mol. The van der Waals surface area contributed by atoms with Crippen molar-refractivity contribution in [3.05, 3.63) is 34.9 Å². The van der Waals surface area contributed by atoms with Gasteiger partial charge in [-0.25, -0.2) is 0 Å². The second-order valence-corrected chi connectivity index (χ2v) is 6.52. The highest BCUT2D eigenvalue weighted by Crippen LogP contribution is 2.34. The number of carbonyl (C=O) groups excluding carboxylic acids is 1. The van der Waals surface area contributed by atoms with E-state index < -0.39 is 17.6 Å². The molecule has 7 heteroatoms. The molecule has 1 aromatic rings. The zero-order valence-corrected chi connectivity index (χ0v) is 14.1. The number of benzene rings is 1. The normalized spacial score (nSPS) is 18.8. The van der Waals surface area contributed by atoms with Crippen molar-refractivity contribution in [1.29, 1.82) is 0 Å². The van der Waals surface area contributed by atoms with Crippen molar-refractivity contribution in [3.8, 4) is 0 Å². The maximum Gasteiger partial charge on any atom is 0.416 e. The van der Waals surface area contributed by atoms with Crippen molar-refractivity contribution in [2.75, 3.05) is 19.6 Å². The first-order valence-corrected chi connectivity index (χ1v) is 8.14. The fraction of sp³-hybridized carbons (Fsp3) is 0.588. The molecule has 1 aliphatic carbocycles. The summed E-state index contributed by atoms with van der Waals surface area (Å²) in [5.74, 6) is 0.167. The van der Waals surface area contributed by atoms with Gasteiger partial charge in [0.15, 0.2) is 0 Å². The van der Waals surface area contributed by atoms with Gasteiger partial charge in [0.05, 0.1) is 5.56 Å². The number of rotatable bonds is 4. The van der Waals surface area contributed by atoms with Gasteiger partial charge in [-0.15, -0.1) is 12.4 Å². The van der Waals surface area contributed by atoms with Crippen LogP contribution in [0.4, 0.5) is 13.2 Å². The SMILES string of the molecule is Cl.O=C(NCC1CC1)c1cc(C2CCNCC2)cc(C(F)(F)F)c1. The lowest BCUT2D eigenvalue weighted by Gasteiger charge is -2.24. The van der Waals surface area contributed by atoms with Crippen LogP contribution in [0.1, 0.15) is 53.1 Å². The fourth-order valence-corrected chi connectivity index (χ4v) is 3.00. The molecular weight excluding hydrogens is 341 g/mol. The van der Waals surface area contributed by atoms with Crippen LogP contribution in [0.2, 0.25) is 0 Å². The Hall–Kier alpha value is -1.27. The molecule has 0 unspecified atom stereocenters. The maximum atomic E-state index is 13.2. The zero-order valence-electron chi connectivity index (χ0n) is 13.3. The topological polar surface area (TPSA) is 41.1 Å². The van der Waals surface area contributed by atoms with Crippen LogP contribution in [0.15, 0.2) is 18.2 Å². The summed E-state index contributed by atoms with van der Waals surface area (Å²) in [6.07, 6.45) is -0.671. The molecule has 134 valence electrons. The summed E-state index contributed by atoms with van der Waals surface area (Å²) in [6.45, 7) is 2.14. The van der Waals surface area contributed by atoms with Crippen molar-refractivity contribution < 1.29 is 18.0 Å². The minimum Gasteiger partial charge on any atom is -0.352 e. The van der Waals surface area contributed by atoms with E-state index in [1.807, 2.05) is 0 Å². The van der Waals surface area contributed by atoms with Gasteiger partial charge < -0.3 is 10.6 Å². The minimum absolute atomic E-state index is 0. The molecule has 1 saturated carbocycles.